The molecule has 3 fully saturated rings. The number of carbonyl (C=O) groups is 2. The van der Waals surface area contributed by atoms with Crippen LogP contribution in [0.2, 0.25) is 0 Å². The summed E-state index contributed by atoms with van der Waals surface area (Å²) in [6, 6.07) is 0. The first-order valence-corrected chi connectivity index (χ1v) is 7.50. The summed E-state index contributed by atoms with van der Waals surface area (Å²) < 4.78 is 0. The van der Waals surface area contributed by atoms with Crippen molar-refractivity contribution in [1.82, 2.24) is 5.32 Å². The minimum absolute atomic E-state index is 0.00834. The number of aliphatic carboxylic acids is 1. The Labute approximate surface area is 119 Å². The van der Waals surface area contributed by atoms with Crippen LogP contribution in [0, 0.1) is 16.7 Å². The Hall–Kier alpha value is -1.32. The van der Waals surface area contributed by atoms with Gasteiger partial charge in [0.1, 0.15) is 5.54 Å². The maximum atomic E-state index is 12.8. The first-order chi connectivity index (χ1) is 9.25. The van der Waals surface area contributed by atoms with Gasteiger partial charge < -0.3 is 10.4 Å². The number of carbonyl (C=O) groups excluding carboxylic acids is 1. The van der Waals surface area contributed by atoms with Gasteiger partial charge >= 0.3 is 5.97 Å². The summed E-state index contributed by atoms with van der Waals surface area (Å²) in [6.07, 6.45) is 4.66. The molecule has 1 amide bonds. The monoisotopic (exact) mass is 277 g/mol. The van der Waals surface area contributed by atoms with Crippen molar-refractivity contribution in [2.75, 3.05) is 0 Å². The van der Waals surface area contributed by atoms with Crippen LogP contribution in [0.15, 0.2) is 12.2 Å². The molecule has 0 aromatic rings. The first-order valence-electron chi connectivity index (χ1n) is 7.50. The smallest absolute Gasteiger partial charge is 0.329 e. The molecule has 0 aliphatic heterocycles. The standard InChI is InChI=1S/C16H23NO3/c1-10-14(2,3)11-5-8-15(10,9-11)12(18)17-16(13(19)20)6-4-7-16/h11H,1,4-9H2,2-3H3,(H,17,18)(H,19,20)/t11-,15-/m0/s1. The zero-order valence-corrected chi connectivity index (χ0v) is 12.3. The molecule has 0 spiro atoms. The molecule has 0 saturated heterocycles. The van der Waals surface area contributed by atoms with Gasteiger partial charge in [-0.3, -0.25) is 4.79 Å². The molecule has 2 N–H and O–H groups in total. The lowest BCUT2D eigenvalue weighted by Crippen LogP contribution is -2.61. The van der Waals surface area contributed by atoms with Crippen molar-refractivity contribution in [3.8, 4) is 0 Å². The lowest BCUT2D eigenvalue weighted by atomic mass is 9.67. The summed E-state index contributed by atoms with van der Waals surface area (Å²) in [5, 5.41) is 12.2. The number of rotatable bonds is 3. The maximum absolute atomic E-state index is 12.8. The van der Waals surface area contributed by atoms with Crippen molar-refractivity contribution in [2.24, 2.45) is 16.7 Å². The fourth-order valence-corrected chi connectivity index (χ4v) is 4.40. The Morgan fingerprint density at radius 2 is 1.95 bits per heavy atom. The van der Waals surface area contributed by atoms with Gasteiger partial charge in [-0.25, -0.2) is 4.79 Å². The van der Waals surface area contributed by atoms with E-state index in [2.05, 4.69) is 25.7 Å². The molecule has 0 heterocycles. The van der Waals surface area contributed by atoms with Gasteiger partial charge in [0.2, 0.25) is 5.91 Å². The van der Waals surface area contributed by atoms with E-state index in [0.29, 0.717) is 18.8 Å². The number of hydrogen-bond donors (Lipinski definition) is 2. The molecule has 3 rings (SSSR count). The number of carboxylic acid groups (broad SMARTS) is 1. The van der Waals surface area contributed by atoms with E-state index < -0.39 is 16.9 Å². The van der Waals surface area contributed by atoms with Crippen molar-refractivity contribution in [3.63, 3.8) is 0 Å². The number of fused-ring (bicyclic) bond motifs is 2. The molecule has 4 nitrogen and oxygen atoms in total. The van der Waals surface area contributed by atoms with Crippen LogP contribution in [0.1, 0.15) is 52.4 Å². The van der Waals surface area contributed by atoms with Crippen LogP contribution >= 0.6 is 0 Å². The zero-order chi connectivity index (χ0) is 14.8. The van der Waals surface area contributed by atoms with Gasteiger partial charge in [-0.15, -0.1) is 0 Å². The quantitative estimate of drug-likeness (QED) is 0.779. The average molecular weight is 277 g/mol. The minimum atomic E-state index is -1.02. The predicted octanol–water partition coefficient (Wildman–Crippen LogP) is 2.49. The summed E-state index contributed by atoms with van der Waals surface area (Å²) in [5.41, 5.74) is -0.548. The third-order valence-corrected chi connectivity index (χ3v) is 6.29. The topological polar surface area (TPSA) is 66.4 Å². The number of hydrogen-bond acceptors (Lipinski definition) is 2. The van der Waals surface area contributed by atoms with Crippen LogP contribution in [0.4, 0.5) is 0 Å². The third kappa shape index (κ3) is 1.48. The van der Waals surface area contributed by atoms with Gasteiger partial charge in [0.05, 0.1) is 5.41 Å². The van der Waals surface area contributed by atoms with Gasteiger partial charge in [0.25, 0.3) is 0 Å². The highest BCUT2D eigenvalue weighted by atomic mass is 16.4. The molecule has 20 heavy (non-hydrogen) atoms. The summed E-state index contributed by atoms with van der Waals surface area (Å²) in [5.74, 6) is -0.494. The third-order valence-electron chi connectivity index (χ3n) is 6.29. The fourth-order valence-electron chi connectivity index (χ4n) is 4.40. The minimum Gasteiger partial charge on any atom is -0.480 e. The summed E-state index contributed by atoms with van der Waals surface area (Å²) in [7, 11) is 0. The van der Waals surface area contributed by atoms with Gasteiger partial charge in [0.15, 0.2) is 0 Å². The van der Waals surface area contributed by atoms with E-state index in [1.807, 2.05) is 0 Å². The van der Waals surface area contributed by atoms with Crippen LogP contribution in [0.25, 0.3) is 0 Å². The molecular weight excluding hydrogens is 254 g/mol. The van der Waals surface area contributed by atoms with Crippen molar-refractivity contribution in [1.29, 1.82) is 0 Å². The van der Waals surface area contributed by atoms with Crippen molar-refractivity contribution < 1.29 is 14.7 Å². The molecule has 0 aromatic heterocycles. The van der Waals surface area contributed by atoms with Crippen LogP contribution in [0.5, 0.6) is 0 Å². The van der Waals surface area contributed by atoms with Crippen molar-refractivity contribution in [3.05, 3.63) is 12.2 Å². The number of carboxylic acids is 1. The van der Waals surface area contributed by atoms with Crippen molar-refractivity contribution in [2.45, 2.75) is 57.9 Å². The van der Waals surface area contributed by atoms with E-state index in [9.17, 15) is 14.7 Å². The molecule has 3 aliphatic rings. The van der Waals surface area contributed by atoms with E-state index in [1.165, 1.54) is 0 Å². The second-order valence-corrected chi connectivity index (χ2v) is 7.42. The normalized spacial score (nSPS) is 36.5. The predicted molar refractivity (Wildman–Crippen MR) is 75.1 cm³/mol. The van der Waals surface area contributed by atoms with Gasteiger partial charge in [0, 0.05) is 0 Å². The molecular formula is C16H23NO3. The summed E-state index contributed by atoms with van der Waals surface area (Å²) >= 11 is 0. The second-order valence-electron chi connectivity index (χ2n) is 7.42. The highest BCUT2D eigenvalue weighted by Crippen LogP contribution is 2.65. The van der Waals surface area contributed by atoms with Gasteiger partial charge in [-0.1, -0.05) is 26.0 Å². The SMILES string of the molecule is C=C1C(C)(C)[C@H]2CC[C@]1(C(=O)NC1(C(=O)O)CCC1)C2. The van der Waals surface area contributed by atoms with Crippen LogP contribution in [-0.4, -0.2) is 22.5 Å². The Morgan fingerprint density at radius 1 is 1.30 bits per heavy atom. The first kappa shape index (κ1) is 13.7. The number of nitrogens with one attached hydrogen (secondary N) is 1. The largest absolute Gasteiger partial charge is 0.480 e. The van der Waals surface area contributed by atoms with Crippen molar-refractivity contribution >= 4 is 11.9 Å². The summed E-state index contributed by atoms with van der Waals surface area (Å²) in [6.45, 7) is 8.51. The number of amides is 1. The maximum Gasteiger partial charge on any atom is 0.329 e. The van der Waals surface area contributed by atoms with E-state index in [1.54, 1.807) is 0 Å². The molecule has 0 aromatic carbocycles. The highest BCUT2D eigenvalue weighted by molar-refractivity contribution is 5.93. The molecule has 3 aliphatic carbocycles. The van der Waals surface area contributed by atoms with Crippen LogP contribution in [-0.2, 0) is 9.59 Å². The van der Waals surface area contributed by atoms with Gasteiger partial charge in [-0.2, -0.15) is 0 Å². The van der Waals surface area contributed by atoms with Crippen LogP contribution in [0.3, 0.4) is 0 Å². The Balaban J connectivity index is 1.85. The lowest BCUT2D eigenvalue weighted by Gasteiger charge is -2.42. The fraction of sp³-hybridized carbons (Fsp3) is 0.750. The van der Waals surface area contributed by atoms with E-state index >= 15 is 0 Å². The Bertz CT molecular complexity index is 504. The lowest BCUT2D eigenvalue weighted by molar-refractivity contribution is -0.153. The molecule has 110 valence electrons. The Morgan fingerprint density at radius 3 is 2.35 bits per heavy atom. The van der Waals surface area contributed by atoms with E-state index in [4.69, 9.17) is 0 Å². The summed E-state index contributed by atoms with van der Waals surface area (Å²) in [4.78, 5) is 24.2. The second kappa shape index (κ2) is 3.86. The molecule has 3 saturated carbocycles. The zero-order valence-electron chi connectivity index (χ0n) is 12.3. The molecule has 0 radical (unpaired) electrons. The highest BCUT2D eigenvalue weighted by Gasteiger charge is 2.62. The average Bonchev–Trinajstić information content (AvgIpc) is 2.84. The van der Waals surface area contributed by atoms with Crippen LogP contribution < -0.4 is 5.32 Å². The molecule has 2 atom stereocenters. The Kier molecular flexibility index (Phi) is 2.64. The van der Waals surface area contributed by atoms with E-state index in [-0.39, 0.29) is 11.3 Å². The molecule has 2 bridgehead atoms. The van der Waals surface area contributed by atoms with Gasteiger partial charge in [-0.05, 0) is 49.9 Å². The molecule has 0 unspecified atom stereocenters. The molecule has 4 heteroatoms. The van der Waals surface area contributed by atoms with E-state index in [0.717, 1.165) is 31.3 Å².